The highest BCUT2D eigenvalue weighted by atomic mass is 32.2. The van der Waals surface area contributed by atoms with Crippen LogP contribution in [0.3, 0.4) is 0 Å². The highest BCUT2D eigenvalue weighted by molar-refractivity contribution is 7.89. The third-order valence-electron chi connectivity index (χ3n) is 5.55. The van der Waals surface area contributed by atoms with Crippen molar-refractivity contribution in [1.82, 2.24) is 9.29 Å². The molecule has 0 radical (unpaired) electrons. The number of ether oxygens (including phenoxy) is 2. The summed E-state index contributed by atoms with van der Waals surface area (Å²) in [6.45, 7) is 4.14. The number of aromatic nitrogens is 1. The number of nitro benzene ring substituents is 1. The lowest BCUT2D eigenvalue weighted by atomic mass is 10.0. The predicted octanol–water partition coefficient (Wildman–Crippen LogP) is 3.06. The number of morpholine rings is 1. The highest BCUT2D eigenvalue weighted by Gasteiger charge is 2.31. The van der Waals surface area contributed by atoms with Gasteiger partial charge in [-0.2, -0.15) is 4.31 Å². The summed E-state index contributed by atoms with van der Waals surface area (Å²) in [5, 5.41) is 12.4. The van der Waals surface area contributed by atoms with Gasteiger partial charge < -0.3 is 14.5 Å². The Labute approximate surface area is 190 Å². The van der Waals surface area contributed by atoms with Crippen molar-refractivity contribution in [2.45, 2.75) is 24.8 Å². The minimum absolute atomic E-state index is 0.171. The molecule has 3 aromatic rings. The number of nitrogens with one attached hydrogen (secondary N) is 1. The van der Waals surface area contributed by atoms with E-state index in [1.807, 2.05) is 24.3 Å². The van der Waals surface area contributed by atoms with Gasteiger partial charge in [0.15, 0.2) is 11.9 Å². The number of nitrogens with zero attached hydrogens (tertiary/aromatic N) is 2. The molecule has 10 nitrogen and oxygen atoms in total. The Balaban J connectivity index is 1.63. The van der Waals surface area contributed by atoms with Crippen molar-refractivity contribution >= 4 is 32.4 Å². The van der Waals surface area contributed by atoms with Crippen LogP contribution in [0, 0.1) is 17.0 Å². The molecular formula is C22H23N3O7S. The van der Waals surface area contributed by atoms with Crippen molar-refractivity contribution in [3.05, 3.63) is 63.8 Å². The van der Waals surface area contributed by atoms with Gasteiger partial charge in [0.05, 0.1) is 23.0 Å². The van der Waals surface area contributed by atoms with Crippen LogP contribution in [-0.2, 0) is 14.8 Å². The molecule has 11 heteroatoms. The number of sulfonamides is 1. The summed E-state index contributed by atoms with van der Waals surface area (Å²) in [4.78, 5) is 27.0. The van der Waals surface area contributed by atoms with Crippen molar-refractivity contribution in [2.24, 2.45) is 0 Å². The maximum atomic E-state index is 13.1. The van der Waals surface area contributed by atoms with Gasteiger partial charge in [0, 0.05) is 41.3 Å². The molecule has 1 aliphatic rings. The van der Waals surface area contributed by atoms with Gasteiger partial charge in [0.2, 0.25) is 15.8 Å². The molecule has 33 heavy (non-hydrogen) atoms. The van der Waals surface area contributed by atoms with Crippen LogP contribution in [0.15, 0.2) is 47.4 Å². The van der Waals surface area contributed by atoms with Gasteiger partial charge in [-0.25, -0.2) is 8.42 Å². The summed E-state index contributed by atoms with van der Waals surface area (Å²) in [5.41, 5.74) is 1.39. The zero-order chi connectivity index (χ0) is 23.8. The van der Waals surface area contributed by atoms with Crippen LogP contribution in [0.4, 0.5) is 5.69 Å². The van der Waals surface area contributed by atoms with Crippen LogP contribution in [0.2, 0.25) is 0 Å². The lowest BCUT2D eigenvalue weighted by molar-refractivity contribution is -0.386. The number of nitro groups is 1. The molecule has 2 aromatic carbocycles. The summed E-state index contributed by atoms with van der Waals surface area (Å²) in [6.07, 6.45) is -1.04. The SMILES string of the molecule is Cc1[nH]c2ccccc2c1C(=O)C(C)Oc1ccc(S(=O)(=O)N2CCOCC2)cc1[N+](=O)[O-]. The number of benzene rings is 2. The molecule has 2 heterocycles. The molecule has 0 amide bonds. The number of rotatable bonds is 7. The number of carbonyl (C=O) groups is 1. The van der Waals surface area contributed by atoms with E-state index < -0.39 is 26.7 Å². The van der Waals surface area contributed by atoms with E-state index in [1.165, 1.54) is 23.4 Å². The molecule has 174 valence electrons. The number of aryl methyl sites for hydroxylation is 1. The van der Waals surface area contributed by atoms with E-state index in [-0.39, 0.29) is 42.7 Å². The highest BCUT2D eigenvalue weighted by Crippen LogP contribution is 2.33. The van der Waals surface area contributed by atoms with Crippen molar-refractivity contribution in [3.8, 4) is 5.75 Å². The summed E-state index contributed by atoms with van der Waals surface area (Å²) < 4.78 is 37.8. The number of hydrogen-bond donors (Lipinski definition) is 1. The van der Waals surface area contributed by atoms with Crippen LogP contribution in [0.5, 0.6) is 5.75 Å². The summed E-state index contributed by atoms with van der Waals surface area (Å²) in [5.74, 6) is -0.525. The lowest BCUT2D eigenvalue weighted by Gasteiger charge is -2.26. The third-order valence-corrected chi connectivity index (χ3v) is 7.44. The van der Waals surface area contributed by atoms with E-state index in [4.69, 9.17) is 9.47 Å². The molecule has 1 aromatic heterocycles. The molecule has 0 spiro atoms. The normalized spacial score (nSPS) is 15.9. The number of hydrogen-bond acceptors (Lipinski definition) is 7. The smallest absolute Gasteiger partial charge is 0.312 e. The first-order valence-electron chi connectivity index (χ1n) is 10.3. The Kier molecular flexibility index (Phi) is 6.19. The average Bonchev–Trinajstić information content (AvgIpc) is 3.14. The van der Waals surface area contributed by atoms with Crippen LogP contribution in [0.25, 0.3) is 10.9 Å². The second-order valence-corrected chi connectivity index (χ2v) is 9.64. The fourth-order valence-electron chi connectivity index (χ4n) is 3.88. The number of aromatic amines is 1. The quantitative estimate of drug-likeness (QED) is 0.317. The Bertz CT molecular complexity index is 1330. The van der Waals surface area contributed by atoms with Crippen molar-refractivity contribution in [2.75, 3.05) is 26.3 Å². The molecular weight excluding hydrogens is 450 g/mol. The number of fused-ring (bicyclic) bond motifs is 1. The zero-order valence-electron chi connectivity index (χ0n) is 18.1. The third kappa shape index (κ3) is 4.34. The largest absolute Gasteiger partial charge is 0.475 e. The number of ketones is 1. The van der Waals surface area contributed by atoms with Gasteiger partial charge in [-0.3, -0.25) is 14.9 Å². The van der Waals surface area contributed by atoms with Gasteiger partial charge in [-0.1, -0.05) is 18.2 Å². The summed E-state index contributed by atoms with van der Waals surface area (Å²) in [6, 6.07) is 10.8. The predicted molar refractivity (Wildman–Crippen MR) is 120 cm³/mol. The first-order valence-corrected chi connectivity index (χ1v) is 11.8. The fourth-order valence-corrected chi connectivity index (χ4v) is 5.31. The minimum Gasteiger partial charge on any atom is -0.475 e. The Morgan fingerprint density at radius 1 is 1.21 bits per heavy atom. The van der Waals surface area contributed by atoms with Crippen LogP contribution >= 0.6 is 0 Å². The second kappa shape index (κ2) is 8.93. The first kappa shape index (κ1) is 22.9. The van der Waals surface area contributed by atoms with Gasteiger partial charge in [-0.15, -0.1) is 0 Å². The first-order chi connectivity index (χ1) is 15.7. The maximum Gasteiger partial charge on any atom is 0.312 e. The lowest BCUT2D eigenvalue weighted by Crippen LogP contribution is -2.40. The van der Waals surface area contributed by atoms with E-state index in [0.717, 1.165) is 17.0 Å². The molecule has 1 unspecified atom stereocenters. The summed E-state index contributed by atoms with van der Waals surface area (Å²) >= 11 is 0. The second-order valence-electron chi connectivity index (χ2n) is 7.70. The molecule has 0 aliphatic carbocycles. The maximum absolute atomic E-state index is 13.1. The van der Waals surface area contributed by atoms with E-state index in [1.54, 1.807) is 6.92 Å². The monoisotopic (exact) mass is 473 g/mol. The summed E-state index contributed by atoms with van der Waals surface area (Å²) in [7, 11) is -3.92. The molecule has 0 saturated carbocycles. The van der Waals surface area contributed by atoms with Crippen LogP contribution in [0.1, 0.15) is 23.0 Å². The minimum atomic E-state index is -3.92. The molecule has 1 fully saturated rings. The fraction of sp³-hybridized carbons (Fsp3) is 0.318. The van der Waals surface area contributed by atoms with Crippen LogP contribution < -0.4 is 4.74 Å². The molecule has 1 N–H and O–H groups in total. The zero-order valence-corrected chi connectivity index (χ0v) is 18.9. The van der Waals surface area contributed by atoms with Crippen LogP contribution in [-0.4, -0.2) is 60.8 Å². The molecule has 1 aliphatic heterocycles. The number of H-pyrrole nitrogens is 1. The number of Topliss-reactive ketones (excluding diaryl/α,β-unsaturated/α-hetero) is 1. The molecule has 1 atom stereocenters. The van der Waals surface area contributed by atoms with Crippen molar-refractivity contribution in [3.63, 3.8) is 0 Å². The number of carbonyl (C=O) groups excluding carboxylic acids is 1. The molecule has 0 bridgehead atoms. The van der Waals surface area contributed by atoms with E-state index in [9.17, 15) is 23.3 Å². The van der Waals surface area contributed by atoms with Gasteiger partial charge in [0.1, 0.15) is 0 Å². The van der Waals surface area contributed by atoms with E-state index in [0.29, 0.717) is 11.3 Å². The van der Waals surface area contributed by atoms with Gasteiger partial charge >= 0.3 is 5.69 Å². The van der Waals surface area contributed by atoms with Gasteiger partial charge in [-0.05, 0) is 32.0 Å². The van der Waals surface area contributed by atoms with Crippen molar-refractivity contribution in [1.29, 1.82) is 0 Å². The number of para-hydroxylation sites is 1. The molecule has 4 rings (SSSR count). The average molecular weight is 474 g/mol. The van der Waals surface area contributed by atoms with E-state index >= 15 is 0 Å². The van der Waals surface area contributed by atoms with Crippen molar-refractivity contribution < 1.29 is 27.6 Å². The Morgan fingerprint density at radius 2 is 1.91 bits per heavy atom. The van der Waals surface area contributed by atoms with E-state index in [2.05, 4.69) is 4.98 Å². The van der Waals surface area contributed by atoms with Gasteiger partial charge in [0.25, 0.3) is 0 Å². The molecule has 1 saturated heterocycles. The topological polar surface area (TPSA) is 132 Å². The standard InChI is InChI=1S/C22H23N3O7S/c1-14-21(17-5-3-4-6-18(17)23-14)22(26)15(2)32-20-8-7-16(13-19(20)25(27)28)33(29,30)24-9-11-31-12-10-24/h3-8,13,15,23H,9-12H2,1-2H3. The Morgan fingerprint density at radius 3 is 2.61 bits per heavy atom. The Hall–Kier alpha value is -3.28.